The third-order valence-electron chi connectivity index (χ3n) is 9.12. The summed E-state index contributed by atoms with van der Waals surface area (Å²) < 4.78 is 5.56. The van der Waals surface area contributed by atoms with Gasteiger partial charge in [-0.15, -0.1) is 0 Å². The zero-order chi connectivity index (χ0) is 33.3. The molecule has 0 fully saturated rings. The molecular formula is C38H76N4O3. The minimum Gasteiger partial charge on any atom is -0.464 e. The van der Waals surface area contributed by atoms with Crippen molar-refractivity contribution in [2.24, 2.45) is 22.2 Å². The Bertz CT molecular complexity index is 711. The number of hydrogen-bond acceptors (Lipinski definition) is 5. The van der Waals surface area contributed by atoms with Gasteiger partial charge in [0.2, 0.25) is 0 Å². The highest BCUT2D eigenvalue weighted by atomic mass is 16.5. The lowest BCUT2D eigenvalue weighted by Gasteiger charge is -2.26. The molecule has 7 nitrogen and oxygen atoms in total. The first kappa shape index (κ1) is 43.4. The number of ketones is 1. The molecular weight excluding hydrogens is 560 g/mol. The second-order valence-electron chi connectivity index (χ2n) is 13.5. The van der Waals surface area contributed by atoms with E-state index < -0.39 is 11.5 Å². The maximum atomic E-state index is 13.2. The summed E-state index contributed by atoms with van der Waals surface area (Å²) in [7, 11) is 0. The minimum absolute atomic E-state index is 0.00342. The number of nitrogens with zero attached hydrogens (tertiary/aromatic N) is 1. The van der Waals surface area contributed by atoms with E-state index in [4.69, 9.17) is 21.9 Å². The highest BCUT2D eigenvalue weighted by Crippen LogP contribution is 2.20. The van der Waals surface area contributed by atoms with Gasteiger partial charge in [0.05, 0.1) is 6.61 Å². The summed E-state index contributed by atoms with van der Waals surface area (Å²) in [6, 6.07) is 0. The fourth-order valence-electron chi connectivity index (χ4n) is 6.04. The average Bonchev–Trinajstić information content (AvgIpc) is 3.02. The number of Topliss-reactive ketones (excluding diaryl/α,β-unsaturated/α-hetero) is 1. The van der Waals surface area contributed by atoms with E-state index in [0.717, 1.165) is 38.5 Å². The molecule has 0 radical (unpaired) electrons. The smallest absolute Gasteiger partial charge is 0.333 e. The third-order valence-corrected chi connectivity index (χ3v) is 9.12. The summed E-state index contributed by atoms with van der Waals surface area (Å²) in [4.78, 5) is 30.2. The molecule has 0 aliphatic carbocycles. The van der Waals surface area contributed by atoms with Crippen molar-refractivity contribution in [1.29, 1.82) is 0 Å². The normalized spacial score (nSPS) is 12.6. The van der Waals surface area contributed by atoms with Crippen LogP contribution in [0.15, 0.2) is 4.99 Å². The van der Waals surface area contributed by atoms with E-state index in [2.05, 4.69) is 18.8 Å². The van der Waals surface area contributed by atoms with E-state index in [1.165, 1.54) is 135 Å². The van der Waals surface area contributed by atoms with Crippen molar-refractivity contribution < 1.29 is 14.3 Å². The highest BCUT2D eigenvalue weighted by molar-refractivity contribution is 6.08. The molecule has 0 rings (SSSR count). The number of unbranched alkanes of at least 4 members (excludes halogenated alkanes) is 25. The van der Waals surface area contributed by atoms with E-state index >= 15 is 0 Å². The Hall–Kier alpha value is -1.63. The molecule has 0 aliphatic heterocycles. The van der Waals surface area contributed by atoms with Crippen LogP contribution in [0.5, 0.6) is 0 Å². The van der Waals surface area contributed by atoms with Gasteiger partial charge in [-0.05, 0) is 25.7 Å². The predicted octanol–water partition coefficient (Wildman–Crippen LogP) is 9.81. The lowest BCUT2D eigenvalue weighted by Crippen LogP contribution is -2.56. The Balaban J connectivity index is 4.18. The largest absolute Gasteiger partial charge is 0.464 e. The number of aliphatic imine (C=N–C) groups is 1. The molecule has 0 saturated carbocycles. The van der Waals surface area contributed by atoms with Crippen LogP contribution in [0.25, 0.3) is 0 Å². The van der Waals surface area contributed by atoms with Crippen LogP contribution in [0.1, 0.15) is 206 Å². The number of nitrogens with two attached hydrogens (primary N) is 3. The average molecular weight is 637 g/mol. The first-order valence-electron chi connectivity index (χ1n) is 19.4. The van der Waals surface area contributed by atoms with E-state index in [9.17, 15) is 9.59 Å². The van der Waals surface area contributed by atoms with Crippen molar-refractivity contribution >= 4 is 17.7 Å². The summed E-state index contributed by atoms with van der Waals surface area (Å²) >= 11 is 0. The van der Waals surface area contributed by atoms with Crippen LogP contribution < -0.4 is 17.2 Å². The second-order valence-corrected chi connectivity index (χ2v) is 13.5. The SMILES string of the molecule is CCCCCCCCCCCCCCCCOC(=O)[C@@](N)(CCCN=C(N)N)C(=O)CCCCCCCCCCCCCCC. The van der Waals surface area contributed by atoms with E-state index in [0.29, 0.717) is 26.0 Å². The van der Waals surface area contributed by atoms with E-state index in [1.54, 1.807) is 0 Å². The van der Waals surface area contributed by atoms with E-state index in [1.807, 2.05) is 0 Å². The van der Waals surface area contributed by atoms with Crippen molar-refractivity contribution in [3.63, 3.8) is 0 Å². The molecule has 45 heavy (non-hydrogen) atoms. The first-order chi connectivity index (χ1) is 21.9. The van der Waals surface area contributed by atoms with Gasteiger partial charge in [0.15, 0.2) is 17.3 Å². The lowest BCUT2D eigenvalue weighted by atomic mass is 9.86. The number of hydrogen-bond donors (Lipinski definition) is 3. The Morgan fingerprint density at radius 3 is 1.27 bits per heavy atom. The monoisotopic (exact) mass is 637 g/mol. The molecule has 0 heterocycles. The van der Waals surface area contributed by atoms with Crippen molar-refractivity contribution in [2.45, 2.75) is 212 Å². The van der Waals surface area contributed by atoms with Crippen molar-refractivity contribution in [2.75, 3.05) is 13.2 Å². The third kappa shape index (κ3) is 27.2. The van der Waals surface area contributed by atoms with Gasteiger partial charge >= 0.3 is 5.97 Å². The van der Waals surface area contributed by atoms with Gasteiger partial charge in [-0.1, -0.05) is 174 Å². The van der Waals surface area contributed by atoms with Crippen LogP contribution in [-0.2, 0) is 14.3 Å². The maximum Gasteiger partial charge on any atom is 0.333 e. The van der Waals surface area contributed by atoms with Crippen LogP contribution in [-0.4, -0.2) is 36.4 Å². The summed E-state index contributed by atoms with van der Waals surface area (Å²) in [5.41, 5.74) is 15.7. The summed E-state index contributed by atoms with van der Waals surface area (Å²) in [6.07, 6.45) is 34.9. The highest BCUT2D eigenvalue weighted by Gasteiger charge is 2.42. The number of rotatable bonds is 35. The summed E-state index contributed by atoms with van der Waals surface area (Å²) in [6.45, 7) is 5.17. The Kier molecular flexibility index (Phi) is 31.1. The first-order valence-corrected chi connectivity index (χ1v) is 19.4. The Labute approximate surface area is 279 Å². The number of ether oxygens (including phenoxy) is 1. The number of carbonyl (C=O) groups excluding carboxylic acids is 2. The number of esters is 1. The van der Waals surface area contributed by atoms with Gasteiger partial charge < -0.3 is 21.9 Å². The van der Waals surface area contributed by atoms with Crippen molar-refractivity contribution in [1.82, 2.24) is 0 Å². The molecule has 0 aromatic heterocycles. The van der Waals surface area contributed by atoms with Crippen LogP contribution in [0.2, 0.25) is 0 Å². The summed E-state index contributed by atoms with van der Waals surface area (Å²) in [5, 5.41) is 0. The van der Waals surface area contributed by atoms with Crippen molar-refractivity contribution in [3.8, 4) is 0 Å². The minimum atomic E-state index is -1.62. The molecule has 0 saturated heterocycles. The zero-order valence-corrected chi connectivity index (χ0v) is 30.0. The van der Waals surface area contributed by atoms with Gasteiger partial charge in [-0.3, -0.25) is 9.79 Å². The van der Waals surface area contributed by atoms with Gasteiger partial charge in [0.25, 0.3) is 0 Å². The van der Waals surface area contributed by atoms with Crippen LogP contribution in [0.3, 0.4) is 0 Å². The molecule has 0 unspecified atom stereocenters. The van der Waals surface area contributed by atoms with Crippen LogP contribution in [0, 0.1) is 0 Å². The standard InChI is InChI=1S/C38H76N4O3/c1-3-5-7-9-11-13-15-17-19-21-23-25-27-29-34-45-36(44)38(41,32-30-33-42-37(39)40)35(43)31-28-26-24-22-20-18-16-14-12-10-8-6-4-2/h3-34,41H2,1-2H3,(H4,39,40,42)/t38-/m1/s1. The summed E-state index contributed by atoms with van der Waals surface area (Å²) in [5.74, 6) is -0.820. The van der Waals surface area contributed by atoms with Gasteiger partial charge in [-0.25, -0.2) is 4.79 Å². The number of carbonyl (C=O) groups is 2. The molecule has 0 spiro atoms. The topological polar surface area (TPSA) is 134 Å². The molecule has 0 aromatic carbocycles. The van der Waals surface area contributed by atoms with Gasteiger partial charge in [0, 0.05) is 13.0 Å². The van der Waals surface area contributed by atoms with Gasteiger partial charge in [-0.2, -0.15) is 0 Å². The molecule has 0 aromatic rings. The Morgan fingerprint density at radius 1 is 0.533 bits per heavy atom. The predicted molar refractivity (Wildman–Crippen MR) is 193 cm³/mol. The molecule has 1 atom stereocenters. The Morgan fingerprint density at radius 2 is 0.889 bits per heavy atom. The molecule has 0 amide bonds. The second kappa shape index (κ2) is 32.3. The van der Waals surface area contributed by atoms with E-state index in [-0.39, 0.29) is 18.2 Å². The molecule has 266 valence electrons. The molecule has 0 aliphatic rings. The lowest BCUT2D eigenvalue weighted by molar-refractivity contribution is -0.154. The fourth-order valence-corrected chi connectivity index (χ4v) is 6.04. The van der Waals surface area contributed by atoms with Crippen LogP contribution >= 0.6 is 0 Å². The van der Waals surface area contributed by atoms with Crippen LogP contribution in [0.4, 0.5) is 0 Å². The number of guanidine groups is 1. The fraction of sp³-hybridized carbons (Fsp3) is 0.921. The van der Waals surface area contributed by atoms with Gasteiger partial charge in [0.1, 0.15) is 0 Å². The molecule has 0 bridgehead atoms. The quantitative estimate of drug-likeness (QED) is 0.0208. The molecule has 6 N–H and O–H groups in total. The maximum absolute atomic E-state index is 13.2. The molecule has 7 heteroatoms. The zero-order valence-electron chi connectivity index (χ0n) is 30.0. The van der Waals surface area contributed by atoms with Crippen molar-refractivity contribution in [3.05, 3.63) is 0 Å².